The highest BCUT2D eigenvalue weighted by Gasteiger charge is 2.75. The zero-order valence-electron chi connectivity index (χ0n) is 27.2. The lowest BCUT2D eigenvalue weighted by Crippen LogP contribution is -2.65. The Hall–Kier alpha value is -2.65. The Bertz CT molecular complexity index is 1310. The van der Waals surface area contributed by atoms with E-state index in [1.807, 2.05) is 27.7 Å². The maximum atomic E-state index is 14.6. The van der Waals surface area contributed by atoms with Crippen molar-refractivity contribution in [2.24, 2.45) is 39.4 Å². The molecule has 0 saturated heterocycles. The van der Waals surface area contributed by atoms with Gasteiger partial charge in [0.15, 0.2) is 17.7 Å². The maximum absolute atomic E-state index is 14.6. The molecule has 43 heavy (non-hydrogen) atoms. The first-order valence-corrected chi connectivity index (χ1v) is 15.3. The Kier molecular flexibility index (Phi) is 7.88. The molecule has 0 aromatic carbocycles. The minimum Gasteiger partial charge on any atom is -0.462 e. The number of carbonyl (C=O) groups excluding carboxylic acids is 5. The molecule has 4 rings (SSSR count). The highest BCUT2D eigenvalue weighted by atomic mass is 16.5. The van der Waals surface area contributed by atoms with Crippen molar-refractivity contribution in [1.82, 2.24) is 0 Å². The molecular weight excluding hydrogens is 552 g/mol. The summed E-state index contributed by atoms with van der Waals surface area (Å²) >= 11 is 0. The Morgan fingerprint density at radius 3 is 2.07 bits per heavy atom. The van der Waals surface area contributed by atoms with Gasteiger partial charge in [0.05, 0.1) is 5.60 Å². The Morgan fingerprint density at radius 2 is 1.53 bits per heavy atom. The van der Waals surface area contributed by atoms with E-state index in [1.54, 1.807) is 0 Å². The summed E-state index contributed by atoms with van der Waals surface area (Å²) in [5.74, 6) is -3.53. The fourth-order valence-electron chi connectivity index (χ4n) is 9.56. The van der Waals surface area contributed by atoms with Crippen molar-refractivity contribution in [3.05, 3.63) is 23.8 Å². The number of carbonyl (C=O) groups is 5. The van der Waals surface area contributed by atoms with Gasteiger partial charge in [0, 0.05) is 37.0 Å². The first-order chi connectivity index (χ1) is 19.4. The average Bonchev–Trinajstić information content (AvgIpc) is 3.06. The van der Waals surface area contributed by atoms with Gasteiger partial charge >= 0.3 is 11.9 Å². The number of Topliss-reactive ketones (excluding diaryl/α,β-unsaturated/α-hetero) is 2. The lowest BCUT2D eigenvalue weighted by atomic mass is 9.38. The molecule has 3 fully saturated rings. The SMILES string of the molecule is CC(=O)O[C@H]1C[C@@H]2C(=CC[C@@H]3[C@@]2(C)C(=O)C[C@]2(C)[C@@H]([C@@](C)(O)C(=O)/C=C/C(C)(C)O)[C@H](OC(C)=O)C[C@@]32C)C(C)(C)C1=O. The predicted octanol–water partition coefficient (Wildman–Crippen LogP) is 4.07. The number of fused-ring (bicyclic) bond motifs is 5. The molecule has 0 radical (unpaired) electrons. The molecule has 0 spiro atoms. The Balaban J connectivity index is 1.86. The molecule has 9 nitrogen and oxygen atoms in total. The molecule has 0 amide bonds. The molecule has 0 bridgehead atoms. The molecule has 4 aliphatic rings. The predicted molar refractivity (Wildman–Crippen MR) is 157 cm³/mol. The lowest BCUT2D eigenvalue weighted by Gasteiger charge is -2.64. The topological polar surface area (TPSA) is 144 Å². The van der Waals surface area contributed by atoms with E-state index in [1.165, 1.54) is 40.7 Å². The third kappa shape index (κ3) is 4.95. The van der Waals surface area contributed by atoms with Crippen LogP contribution in [-0.2, 0) is 33.4 Å². The number of aliphatic hydroxyl groups is 2. The van der Waals surface area contributed by atoms with Crippen LogP contribution in [-0.4, -0.2) is 62.9 Å². The van der Waals surface area contributed by atoms with Crippen molar-refractivity contribution < 1.29 is 43.7 Å². The van der Waals surface area contributed by atoms with Crippen LogP contribution in [0.3, 0.4) is 0 Å². The second-order valence-electron chi connectivity index (χ2n) is 15.4. The Labute approximate surface area is 254 Å². The molecule has 0 heterocycles. The van der Waals surface area contributed by atoms with Crippen LogP contribution in [0.5, 0.6) is 0 Å². The maximum Gasteiger partial charge on any atom is 0.303 e. The number of esters is 2. The third-order valence-electron chi connectivity index (χ3n) is 11.7. The van der Waals surface area contributed by atoms with E-state index in [2.05, 4.69) is 13.0 Å². The van der Waals surface area contributed by atoms with Gasteiger partial charge in [-0.15, -0.1) is 0 Å². The second kappa shape index (κ2) is 10.2. The minimum absolute atomic E-state index is 0.0218. The summed E-state index contributed by atoms with van der Waals surface area (Å²) in [4.78, 5) is 65.9. The van der Waals surface area contributed by atoms with Crippen molar-refractivity contribution in [2.75, 3.05) is 0 Å². The summed E-state index contributed by atoms with van der Waals surface area (Å²) in [7, 11) is 0. The first kappa shape index (κ1) is 33.2. The second-order valence-corrected chi connectivity index (χ2v) is 15.4. The van der Waals surface area contributed by atoms with E-state index in [4.69, 9.17) is 9.47 Å². The van der Waals surface area contributed by atoms with Gasteiger partial charge < -0.3 is 19.7 Å². The van der Waals surface area contributed by atoms with Gasteiger partial charge in [-0.05, 0) is 82.6 Å². The number of allylic oxidation sites excluding steroid dienone is 2. The molecule has 0 aromatic rings. The number of ether oxygens (including phenoxy) is 2. The standard InChI is InChI=1S/C34H48O9/c1-18(35)42-22-15-21-20(30(5,6)28(22)39)11-12-24-31(7)16-23(43-19(2)36)27(32(31,8)17-26(38)33(21,24)9)34(10,41)25(37)13-14-29(3,4)40/h11,13-14,21-24,27,40-41H,12,15-17H2,1-10H3/b14-13+/t21-,22+,23-,24+,27+,31+,32-,33+,34+/m1/s1. The zero-order valence-corrected chi connectivity index (χ0v) is 27.2. The van der Waals surface area contributed by atoms with E-state index >= 15 is 0 Å². The fraction of sp³-hybridized carbons (Fsp3) is 0.735. The quantitative estimate of drug-likeness (QED) is 0.262. The monoisotopic (exact) mass is 600 g/mol. The molecule has 0 unspecified atom stereocenters. The van der Waals surface area contributed by atoms with E-state index in [-0.39, 0.29) is 36.2 Å². The van der Waals surface area contributed by atoms with Gasteiger partial charge in [0.1, 0.15) is 17.5 Å². The van der Waals surface area contributed by atoms with Gasteiger partial charge in [-0.3, -0.25) is 24.0 Å². The molecule has 0 aromatic heterocycles. The first-order valence-electron chi connectivity index (χ1n) is 15.3. The summed E-state index contributed by atoms with van der Waals surface area (Å²) in [6.07, 6.45) is 3.75. The number of rotatable bonds is 6. The van der Waals surface area contributed by atoms with Gasteiger partial charge in [-0.1, -0.05) is 38.5 Å². The highest BCUT2D eigenvalue weighted by Crippen LogP contribution is 2.74. The van der Waals surface area contributed by atoms with Gasteiger partial charge in [0.25, 0.3) is 0 Å². The minimum atomic E-state index is -2.02. The van der Waals surface area contributed by atoms with Crippen molar-refractivity contribution in [3.8, 4) is 0 Å². The summed E-state index contributed by atoms with van der Waals surface area (Å²) < 4.78 is 11.3. The van der Waals surface area contributed by atoms with Crippen LogP contribution in [0.25, 0.3) is 0 Å². The van der Waals surface area contributed by atoms with E-state index < -0.39 is 68.7 Å². The molecular formula is C34H48O9. The molecule has 9 atom stereocenters. The van der Waals surface area contributed by atoms with Crippen molar-refractivity contribution in [1.29, 1.82) is 0 Å². The molecule has 3 saturated carbocycles. The van der Waals surface area contributed by atoms with Crippen LogP contribution >= 0.6 is 0 Å². The van der Waals surface area contributed by atoms with Crippen molar-refractivity contribution in [3.63, 3.8) is 0 Å². The number of hydrogen-bond donors (Lipinski definition) is 2. The van der Waals surface area contributed by atoms with Crippen LogP contribution in [0.15, 0.2) is 23.8 Å². The van der Waals surface area contributed by atoms with E-state index in [9.17, 15) is 34.2 Å². The van der Waals surface area contributed by atoms with Crippen LogP contribution in [0, 0.1) is 39.4 Å². The summed E-state index contributed by atoms with van der Waals surface area (Å²) in [5, 5.41) is 22.1. The number of ketones is 3. The van der Waals surface area contributed by atoms with E-state index in [0.29, 0.717) is 12.8 Å². The van der Waals surface area contributed by atoms with Gasteiger partial charge in [-0.2, -0.15) is 0 Å². The summed E-state index contributed by atoms with van der Waals surface area (Å²) in [5.41, 5.74) is -5.90. The average molecular weight is 601 g/mol. The van der Waals surface area contributed by atoms with Gasteiger partial charge in [0.2, 0.25) is 0 Å². The fourth-order valence-corrected chi connectivity index (χ4v) is 9.56. The largest absolute Gasteiger partial charge is 0.462 e. The summed E-state index contributed by atoms with van der Waals surface area (Å²) in [6.45, 7) is 16.5. The molecule has 9 heteroatoms. The van der Waals surface area contributed by atoms with E-state index in [0.717, 1.165) is 11.6 Å². The zero-order chi connectivity index (χ0) is 32.7. The van der Waals surface area contributed by atoms with Gasteiger partial charge in [-0.25, -0.2) is 0 Å². The van der Waals surface area contributed by atoms with Crippen molar-refractivity contribution in [2.45, 2.75) is 118 Å². The lowest BCUT2D eigenvalue weighted by molar-refractivity contribution is -0.186. The normalized spacial score (nSPS) is 40.1. The highest BCUT2D eigenvalue weighted by molar-refractivity contribution is 5.98. The molecule has 238 valence electrons. The number of hydrogen-bond acceptors (Lipinski definition) is 9. The third-order valence-corrected chi connectivity index (χ3v) is 11.7. The smallest absolute Gasteiger partial charge is 0.303 e. The van der Waals surface area contributed by atoms with Crippen LogP contribution in [0.1, 0.15) is 94.9 Å². The molecule has 0 aliphatic heterocycles. The Morgan fingerprint density at radius 1 is 0.953 bits per heavy atom. The van der Waals surface area contributed by atoms with Crippen LogP contribution in [0.4, 0.5) is 0 Å². The molecule has 2 N–H and O–H groups in total. The van der Waals surface area contributed by atoms with Crippen LogP contribution < -0.4 is 0 Å². The van der Waals surface area contributed by atoms with Crippen LogP contribution in [0.2, 0.25) is 0 Å². The summed E-state index contributed by atoms with van der Waals surface area (Å²) in [6, 6.07) is 0. The molecule has 4 aliphatic carbocycles. The van der Waals surface area contributed by atoms with Crippen molar-refractivity contribution >= 4 is 29.3 Å².